The standard InChI is InChI=1S/C13H17BrN2O.ClH/c1-15-9-12-6-3-7-16(12)13(17)10-4-2-5-11(14)8-10;/h2,4-5,8,12,15H,3,6-7,9H2,1H3;1H. The Bertz CT molecular complexity index is 414. The van der Waals surface area contributed by atoms with Gasteiger partial charge in [0.15, 0.2) is 0 Å². The van der Waals surface area contributed by atoms with Crippen molar-refractivity contribution in [1.82, 2.24) is 10.2 Å². The highest BCUT2D eigenvalue weighted by Gasteiger charge is 2.28. The van der Waals surface area contributed by atoms with Crippen LogP contribution >= 0.6 is 28.3 Å². The van der Waals surface area contributed by atoms with Gasteiger partial charge in [-0.3, -0.25) is 4.79 Å². The van der Waals surface area contributed by atoms with Gasteiger partial charge in [0.2, 0.25) is 0 Å². The van der Waals surface area contributed by atoms with Gasteiger partial charge in [-0.25, -0.2) is 0 Å². The Morgan fingerprint density at radius 1 is 1.56 bits per heavy atom. The Kier molecular flexibility index (Phi) is 6.12. The minimum absolute atomic E-state index is 0. The first-order chi connectivity index (χ1) is 8.22. The van der Waals surface area contributed by atoms with E-state index in [1.165, 1.54) is 0 Å². The van der Waals surface area contributed by atoms with E-state index in [-0.39, 0.29) is 18.3 Å². The highest BCUT2D eigenvalue weighted by Crippen LogP contribution is 2.21. The van der Waals surface area contributed by atoms with Crippen LogP contribution in [-0.4, -0.2) is 37.0 Å². The first-order valence-electron chi connectivity index (χ1n) is 5.93. The predicted octanol–water partition coefficient (Wildman–Crippen LogP) is 2.69. The Balaban J connectivity index is 0.00000162. The molecular formula is C13H18BrClN2O. The van der Waals surface area contributed by atoms with Gasteiger partial charge in [0, 0.05) is 29.2 Å². The van der Waals surface area contributed by atoms with Gasteiger partial charge in [0.1, 0.15) is 0 Å². The largest absolute Gasteiger partial charge is 0.334 e. The first-order valence-corrected chi connectivity index (χ1v) is 6.73. The molecule has 0 aromatic heterocycles. The molecule has 0 spiro atoms. The molecule has 1 unspecified atom stereocenters. The summed E-state index contributed by atoms with van der Waals surface area (Å²) >= 11 is 3.40. The molecule has 5 heteroatoms. The molecule has 1 heterocycles. The van der Waals surface area contributed by atoms with E-state index in [4.69, 9.17) is 0 Å². The van der Waals surface area contributed by atoms with E-state index in [1.54, 1.807) is 0 Å². The predicted molar refractivity (Wildman–Crippen MR) is 79.4 cm³/mol. The number of likely N-dealkylation sites (N-methyl/N-ethyl adjacent to an activating group) is 1. The van der Waals surface area contributed by atoms with Crippen molar-refractivity contribution in [3.63, 3.8) is 0 Å². The third-order valence-electron chi connectivity index (χ3n) is 3.15. The van der Waals surface area contributed by atoms with Gasteiger partial charge >= 0.3 is 0 Å². The van der Waals surface area contributed by atoms with Crippen molar-refractivity contribution in [3.8, 4) is 0 Å². The minimum Gasteiger partial charge on any atom is -0.334 e. The van der Waals surface area contributed by atoms with E-state index in [9.17, 15) is 4.79 Å². The van der Waals surface area contributed by atoms with E-state index in [0.29, 0.717) is 6.04 Å². The molecule has 1 aliphatic rings. The molecule has 2 rings (SSSR count). The second-order valence-electron chi connectivity index (χ2n) is 4.36. The quantitative estimate of drug-likeness (QED) is 0.922. The molecule has 1 saturated heterocycles. The second kappa shape index (κ2) is 7.12. The molecule has 1 aliphatic heterocycles. The van der Waals surface area contributed by atoms with E-state index in [2.05, 4.69) is 21.2 Å². The van der Waals surface area contributed by atoms with E-state index >= 15 is 0 Å². The molecule has 100 valence electrons. The van der Waals surface area contributed by atoms with Crippen molar-refractivity contribution in [3.05, 3.63) is 34.3 Å². The molecule has 1 fully saturated rings. The maximum Gasteiger partial charge on any atom is 0.254 e. The van der Waals surface area contributed by atoms with Crippen LogP contribution in [-0.2, 0) is 0 Å². The fraction of sp³-hybridized carbons (Fsp3) is 0.462. The van der Waals surface area contributed by atoms with Crippen LogP contribution in [0.1, 0.15) is 23.2 Å². The Labute approximate surface area is 122 Å². The van der Waals surface area contributed by atoms with Crippen molar-refractivity contribution in [1.29, 1.82) is 0 Å². The van der Waals surface area contributed by atoms with Crippen molar-refractivity contribution >= 4 is 34.2 Å². The SMILES string of the molecule is CNCC1CCCN1C(=O)c1cccc(Br)c1.Cl. The highest BCUT2D eigenvalue weighted by molar-refractivity contribution is 9.10. The number of carbonyl (C=O) groups excluding carboxylic acids is 1. The van der Waals surface area contributed by atoms with Gasteiger partial charge < -0.3 is 10.2 Å². The maximum absolute atomic E-state index is 12.4. The molecule has 0 aliphatic carbocycles. The summed E-state index contributed by atoms with van der Waals surface area (Å²) in [7, 11) is 1.93. The average Bonchev–Trinajstić information content (AvgIpc) is 2.77. The number of hydrogen-bond donors (Lipinski definition) is 1. The van der Waals surface area contributed by atoms with Crippen LogP contribution in [0.25, 0.3) is 0 Å². The number of benzene rings is 1. The van der Waals surface area contributed by atoms with Gasteiger partial charge in [0.05, 0.1) is 0 Å². The van der Waals surface area contributed by atoms with E-state index in [1.807, 2.05) is 36.2 Å². The molecule has 18 heavy (non-hydrogen) atoms. The summed E-state index contributed by atoms with van der Waals surface area (Å²) in [5.74, 6) is 0.143. The molecule has 1 N–H and O–H groups in total. The number of nitrogens with one attached hydrogen (secondary N) is 1. The zero-order valence-corrected chi connectivity index (χ0v) is 12.8. The lowest BCUT2D eigenvalue weighted by Crippen LogP contribution is -2.40. The molecule has 0 radical (unpaired) electrons. The van der Waals surface area contributed by atoms with Gasteiger partial charge in [-0.2, -0.15) is 0 Å². The summed E-state index contributed by atoms with van der Waals surface area (Å²) < 4.78 is 0.952. The van der Waals surface area contributed by atoms with Gasteiger partial charge in [-0.05, 0) is 38.1 Å². The van der Waals surface area contributed by atoms with Crippen LogP contribution < -0.4 is 5.32 Å². The Morgan fingerprint density at radius 2 is 2.33 bits per heavy atom. The van der Waals surface area contributed by atoms with Crippen LogP contribution in [0.5, 0.6) is 0 Å². The zero-order valence-electron chi connectivity index (χ0n) is 10.4. The summed E-state index contributed by atoms with van der Waals surface area (Å²) in [5.41, 5.74) is 0.766. The number of rotatable bonds is 3. The number of nitrogens with zero attached hydrogens (tertiary/aromatic N) is 1. The molecule has 1 atom stereocenters. The second-order valence-corrected chi connectivity index (χ2v) is 5.28. The van der Waals surface area contributed by atoms with Crippen molar-refractivity contribution in [2.24, 2.45) is 0 Å². The lowest BCUT2D eigenvalue weighted by atomic mass is 10.1. The van der Waals surface area contributed by atoms with Gasteiger partial charge in [-0.15, -0.1) is 12.4 Å². The zero-order chi connectivity index (χ0) is 12.3. The summed E-state index contributed by atoms with van der Waals surface area (Å²) in [6.07, 6.45) is 2.20. The average molecular weight is 334 g/mol. The summed E-state index contributed by atoms with van der Waals surface area (Å²) in [5, 5.41) is 3.15. The third-order valence-corrected chi connectivity index (χ3v) is 3.64. The smallest absolute Gasteiger partial charge is 0.254 e. The topological polar surface area (TPSA) is 32.3 Å². The van der Waals surface area contributed by atoms with Crippen LogP contribution in [0.4, 0.5) is 0 Å². The molecule has 1 aromatic carbocycles. The molecule has 1 aromatic rings. The van der Waals surface area contributed by atoms with Gasteiger partial charge in [0.25, 0.3) is 5.91 Å². The Hall–Kier alpha value is -0.580. The monoisotopic (exact) mass is 332 g/mol. The van der Waals surface area contributed by atoms with Crippen LogP contribution in [0.2, 0.25) is 0 Å². The maximum atomic E-state index is 12.4. The lowest BCUT2D eigenvalue weighted by molar-refractivity contribution is 0.0737. The lowest BCUT2D eigenvalue weighted by Gasteiger charge is -2.24. The fourth-order valence-electron chi connectivity index (χ4n) is 2.34. The van der Waals surface area contributed by atoms with Crippen molar-refractivity contribution < 1.29 is 4.79 Å². The van der Waals surface area contributed by atoms with Crippen LogP contribution in [0.15, 0.2) is 28.7 Å². The van der Waals surface area contributed by atoms with Crippen molar-refractivity contribution in [2.75, 3.05) is 20.1 Å². The third kappa shape index (κ3) is 3.46. The van der Waals surface area contributed by atoms with Crippen molar-refractivity contribution in [2.45, 2.75) is 18.9 Å². The van der Waals surface area contributed by atoms with Crippen LogP contribution in [0, 0.1) is 0 Å². The number of likely N-dealkylation sites (tertiary alicyclic amines) is 1. The summed E-state index contributed by atoms with van der Waals surface area (Å²) in [6, 6.07) is 7.94. The molecule has 3 nitrogen and oxygen atoms in total. The number of carbonyl (C=O) groups is 1. The van der Waals surface area contributed by atoms with E-state index in [0.717, 1.165) is 36.0 Å². The molecular weight excluding hydrogens is 316 g/mol. The fourth-order valence-corrected chi connectivity index (χ4v) is 2.74. The van der Waals surface area contributed by atoms with Crippen LogP contribution in [0.3, 0.4) is 0 Å². The minimum atomic E-state index is 0. The molecule has 1 amide bonds. The summed E-state index contributed by atoms with van der Waals surface area (Å²) in [4.78, 5) is 14.3. The number of amides is 1. The number of halogens is 2. The first kappa shape index (κ1) is 15.5. The normalized spacial score (nSPS) is 18.6. The Morgan fingerprint density at radius 3 is 3.00 bits per heavy atom. The van der Waals surface area contributed by atoms with E-state index < -0.39 is 0 Å². The molecule has 0 bridgehead atoms. The van der Waals surface area contributed by atoms with Gasteiger partial charge in [-0.1, -0.05) is 22.0 Å². The highest BCUT2D eigenvalue weighted by atomic mass is 79.9. The number of hydrogen-bond acceptors (Lipinski definition) is 2. The molecule has 0 saturated carbocycles. The summed E-state index contributed by atoms with van der Waals surface area (Å²) in [6.45, 7) is 1.75.